The van der Waals surface area contributed by atoms with Gasteiger partial charge < -0.3 is 9.26 Å². The van der Waals surface area contributed by atoms with Crippen LogP contribution in [0.5, 0.6) is 0 Å². The van der Waals surface area contributed by atoms with E-state index in [1.807, 2.05) is 10.7 Å². The van der Waals surface area contributed by atoms with E-state index < -0.39 is 0 Å². The van der Waals surface area contributed by atoms with Gasteiger partial charge in [0, 0.05) is 26.2 Å². The van der Waals surface area contributed by atoms with Gasteiger partial charge in [-0.25, -0.2) is 0 Å². The van der Waals surface area contributed by atoms with E-state index in [0.29, 0.717) is 24.0 Å². The zero-order valence-corrected chi connectivity index (χ0v) is 12.8. The third-order valence-electron chi connectivity index (χ3n) is 4.26. The molecular weight excluding hydrogens is 296 g/mol. The van der Waals surface area contributed by atoms with Gasteiger partial charge in [0.05, 0.1) is 12.2 Å². The van der Waals surface area contributed by atoms with Crippen LogP contribution < -0.4 is 0 Å². The molecule has 0 amide bonds. The van der Waals surface area contributed by atoms with Crippen molar-refractivity contribution in [1.82, 2.24) is 24.8 Å². The molecule has 0 aliphatic carbocycles. The largest absolute Gasteiger partial charge is 0.368 e. The third-order valence-corrected chi connectivity index (χ3v) is 4.26. The Bertz CT molecular complexity index is 725. The summed E-state index contributed by atoms with van der Waals surface area (Å²) in [6.45, 7) is 3.90. The Labute approximate surface area is 133 Å². The molecule has 0 N–H and O–H groups in total. The summed E-state index contributed by atoms with van der Waals surface area (Å²) in [5.74, 6) is 1.27. The second kappa shape index (κ2) is 6.10. The minimum absolute atomic E-state index is 0.0417. The smallest absolute Gasteiger partial charge is 0.255 e. The lowest BCUT2D eigenvalue weighted by Gasteiger charge is -2.16. The number of ether oxygens (including phenoxy) is 1. The van der Waals surface area contributed by atoms with Crippen molar-refractivity contribution in [3.8, 4) is 6.07 Å². The average Bonchev–Trinajstić information content (AvgIpc) is 3.26. The zero-order valence-electron chi connectivity index (χ0n) is 12.8. The van der Waals surface area contributed by atoms with Gasteiger partial charge in [-0.3, -0.25) is 9.58 Å². The second-order valence-corrected chi connectivity index (χ2v) is 5.97. The Morgan fingerprint density at radius 3 is 3.13 bits per heavy atom. The molecule has 8 nitrogen and oxygen atoms in total. The minimum Gasteiger partial charge on any atom is -0.368 e. The fourth-order valence-electron chi connectivity index (χ4n) is 3.15. The predicted octanol–water partition coefficient (Wildman–Crippen LogP) is 1.40. The van der Waals surface area contributed by atoms with Crippen molar-refractivity contribution in [3.63, 3.8) is 0 Å². The molecule has 2 aliphatic heterocycles. The Morgan fingerprint density at radius 1 is 1.35 bits per heavy atom. The van der Waals surface area contributed by atoms with E-state index in [0.717, 1.165) is 51.2 Å². The van der Waals surface area contributed by atoms with Crippen LogP contribution >= 0.6 is 0 Å². The first-order valence-electron chi connectivity index (χ1n) is 7.95. The van der Waals surface area contributed by atoms with Crippen molar-refractivity contribution in [1.29, 1.82) is 5.26 Å². The van der Waals surface area contributed by atoms with Crippen LogP contribution in [0.15, 0.2) is 10.6 Å². The molecule has 0 aromatic carbocycles. The van der Waals surface area contributed by atoms with E-state index >= 15 is 0 Å². The summed E-state index contributed by atoms with van der Waals surface area (Å²) in [4.78, 5) is 6.73. The maximum atomic E-state index is 8.98. The van der Waals surface area contributed by atoms with Crippen molar-refractivity contribution in [2.75, 3.05) is 13.2 Å². The fraction of sp³-hybridized carbons (Fsp3) is 0.600. The Hall–Kier alpha value is -2.24. The van der Waals surface area contributed by atoms with Gasteiger partial charge in [0.15, 0.2) is 11.5 Å². The van der Waals surface area contributed by atoms with E-state index in [1.54, 1.807) is 0 Å². The van der Waals surface area contributed by atoms with Gasteiger partial charge in [0.1, 0.15) is 12.2 Å². The Kier molecular flexibility index (Phi) is 3.81. The first-order chi connectivity index (χ1) is 11.3. The molecule has 2 aliphatic rings. The molecule has 1 fully saturated rings. The molecule has 0 spiro atoms. The summed E-state index contributed by atoms with van der Waals surface area (Å²) in [7, 11) is 0. The van der Waals surface area contributed by atoms with Gasteiger partial charge in [0.2, 0.25) is 0 Å². The van der Waals surface area contributed by atoms with Gasteiger partial charge in [-0.1, -0.05) is 5.16 Å². The van der Waals surface area contributed by atoms with Gasteiger partial charge in [0.25, 0.3) is 5.89 Å². The summed E-state index contributed by atoms with van der Waals surface area (Å²) < 4.78 is 12.8. The number of hydrogen-bond acceptors (Lipinski definition) is 7. The molecule has 1 saturated heterocycles. The monoisotopic (exact) mass is 314 g/mol. The van der Waals surface area contributed by atoms with Crippen molar-refractivity contribution >= 4 is 0 Å². The highest BCUT2D eigenvalue weighted by Gasteiger charge is 2.25. The summed E-state index contributed by atoms with van der Waals surface area (Å²) in [5.41, 5.74) is 1.53. The third kappa shape index (κ3) is 2.98. The summed E-state index contributed by atoms with van der Waals surface area (Å²) in [5, 5.41) is 17.4. The quantitative estimate of drug-likeness (QED) is 0.845. The van der Waals surface area contributed by atoms with E-state index in [-0.39, 0.29) is 6.10 Å². The van der Waals surface area contributed by atoms with Crippen LogP contribution in [0.3, 0.4) is 0 Å². The molecule has 8 heteroatoms. The van der Waals surface area contributed by atoms with Crippen LogP contribution in [0.1, 0.15) is 48.5 Å². The summed E-state index contributed by atoms with van der Waals surface area (Å²) >= 11 is 0. The average molecular weight is 314 g/mol. The SMILES string of the molecule is N#Cc1cc2n(n1)CCCN(Cc1noc([C@H]3CCCO3)n1)C2. The lowest BCUT2D eigenvalue weighted by molar-refractivity contribution is 0.0835. The summed E-state index contributed by atoms with van der Waals surface area (Å²) in [6.07, 6.45) is 2.93. The molecule has 4 rings (SSSR count). The predicted molar refractivity (Wildman–Crippen MR) is 77.9 cm³/mol. The van der Waals surface area contributed by atoms with Crippen molar-refractivity contribution in [2.24, 2.45) is 0 Å². The topological polar surface area (TPSA) is 93.0 Å². The molecular formula is C15H18N6O2. The van der Waals surface area contributed by atoms with E-state index in [1.165, 1.54) is 0 Å². The standard InChI is InChI=1S/C15H18N6O2/c16-8-11-7-12-9-20(4-2-5-21(12)18-11)10-14-17-15(23-19-14)13-3-1-6-22-13/h7,13H,1-6,9-10H2/t13-/m1/s1. The molecule has 0 unspecified atom stereocenters. The van der Waals surface area contributed by atoms with Crippen LogP contribution in [0.2, 0.25) is 0 Å². The number of rotatable bonds is 3. The molecule has 23 heavy (non-hydrogen) atoms. The lowest BCUT2D eigenvalue weighted by Crippen LogP contribution is -2.23. The van der Waals surface area contributed by atoms with Gasteiger partial charge in [-0.2, -0.15) is 15.3 Å². The number of aryl methyl sites for hydroxylation is 1. The molecule has 4 heterocycles. The molecule has 2 aromatic rings. The molecule has 120 valence electrons. The van der Waals surface area contributed by atoms with Gasteiger partial charge >= 0.3 is 0 Å². The first kappa shape index (κ1) is 14.4. The molecule has 0 radical (unpaired) electrons. The van der Waals surface area contributed by atoms with Crippen molar-refractivity contribution in [3.05, 3.63) is 29.2 Å². The highest BCUT2D eigenvalue weighted by molar-refractivity contribution is 5.22. The van der Waals surface area contributed by atoms with E-state index in [4.69, 9.17) is 14.5 Å². The number of nitrogens with zero attached hydrogens (tertiary/aromatic N) is 6. The lowest BCUT2D eigenvalue weighted by atomic mass is 10.2. The maximum absolute atomic E-state index is 8.98. The Balaban J connectivity index is 1.45. The minimum atomic E-state index is -0.0417. The van der Waals surface area contributed by atoms with Crippen LogP contribution in [0, 0.1) is 11.3 Å². The highest BCUT2D eigenvalue weighted by Crippen LogP contribution is 2.27. The van der Waals surface area contributed by atoms with E-state index in [2.05, 4.69) is 26.2 Å². The zero-order chi connectivity index (χ0) is 15.6. The fourth-order valence-corrected chi connectivity index (χ4v) is 3.15. The Morgan fingerprint density at radius 2 is 2.30 bits per heavy atom. The van der Waals surface area contributed by atoms with Gasteiger partial charge in [-0.05, 0) is 25.3 Å². The van der Waals surface area contributed by atoms with E-state index in [9.17, 15) is 0 Å². The maximum Gasteiger partial charge on any atom is 0.255 e. The second-order valence-electron chi connectivity index (χ2n) is 5.97. The van der Waals surface area contributed by atoms with Crippen LogP contribution in [0.4, 0.5) is 0 Å². The molecule has 2 aromatic heterocycles. The molecule has 0 saturated carbocycles. The first-order valence-corrected chi connectivity index (χ1v) is 7.95. The number of fused-ring (bicyclic) bond motifs is 1. The number of hydrogen-bond donors (Lipinski definition) is 0. The van der Waals surface area contributed by atoms with Crippen molar-refractivity contribution in [2.45, 2.75) is 45.0 Å². The van der Waals surface area contributed by atoms with Crippen LogP contribution in [-0.2, 0) is 24.4 Å². The number of nitriles is 1. The van der Waals surface area contributed by atoms with Gasteiger partial charge in [-0.15, -0.1) is 0 Å². The molecule has 0 bridgehead atoms. The normalized spacial score (nSPS) is 21.8. The highest BCUT2D eigenvalue weighted by atomic mass is 16.5. The number of aromatic nitrogens is 4. The van der Waals surface area contributed by atoms with Crippen LogP contribution in [-0.4, -0.2) is 38.0 Å². The molecule has 1 atom stereocenters. The van der Waals surface area contributed by atoms with Crippen LogP contribution in [0.25, 0.3) is 0 Å². The summed E-state index contributed by atoms with van der Waals surface area (Å²) in [6, 6.07) is 3.95. The van der Waals surface area contributed by atoms with Crippen molar-refractivity contribution < 1.29 is 9.26 Å².